The van der Waals surface area contributed by atoms with Crippen LogP contribution in [0.25, 0.3) is 5.65 Å². The van der Waals surface area contributed by atoms with Crippen LogP contribution in [-0.4, -0.2) is 14.9 Å². The number of nitrogens with one attached hydrogen (secondary N) is 1. The summed E-state index contributed by atoms with van der Waals surface area (Å²) in [6.07, 6.45) is 9.53. The highest BCUT2D eigenvalue weighted by atomic mass is 35.5. The molecule has 2 heterocycles. The monoisotopic (exact) mass is 361 g/mol. The van der Waals surface area contributed by atoms with Crippen LogP contribution in [0.4, 0.5) is 5.82 Å². The van der Waals surface area contributed by atoms with Gasteiger partial charge in [0, 0.05) is 17.7 Å². The summed E-state index contributed by atoms with van der Waals surface area (Å²) in [5.41, 5.74) is 2.46. The van der Waals surface area contributed by atoms with E-state index in [1.54, 1.807) is 0 Å². The quantitative estimate of drug-likeness (QED) is 0.659. The van der Waals surface area contributed by atoms with Gasteiger partial charge < -0.3 is 5.32 Å². The maximum Gasteiger partial charge on any atom is 0.138 e. The van der Waals surface area contributed by atoms with Gasteiger partial charge in [0.15, 0.2) is 0 Å². The van der Waals surface area contributed by atoms with Crippen molar-refractivity contribution in [3.8, 4) is 0 Å². The van der Waals surface area contributed by atoms with Gasteiger partial charge in [0.05, 0.1) is 10.7 Å². The smallest absolute Gasteiger partial charge is 0.138 e. The summed E-state index contributed by atoms with van der Waals surface area (Å²) in [6, 6.07) is 3.95. The second-order valence-electron chi connectivity index (χ2n) is 9.50. The summed E-state index contributed by atoms with van der Waals surface area (Å²) in [4.78, 5) is 5.00. The van der Waals surface area contributed by atoms with Crippen molar-refractivity contribution in [3.05, 3.63) is 29.0 Å². The predicted octanol–water partition coefficient (Wildman–Crippen LogP) is 6.66. The third kappa shape index (κ3) is 4.49. The molecule has 4 heteroatoms. The minimum absolute atomic E-state index is 0.0139. The molecular weight excluding hydrogens is 330 g/mol. The molecule has 1 aliphatic carbocycles. The first-order valence-electron chi connectivity index (χ1n) is 9.60. The first kappa shape index (κ1) is 18.6. The van der Waals surface area contributed by atoms with Crippen molar-refractivity contribution in [1.82, 2.24) is 9.38 Å². The fraction of sp³-hybridized carbons (Fsp3) is 0.667. The van der Waals surface area contributed by atoms with E-state index in [1.165, 1.54) is 37.8 Å². The zero-order valence-electron chi connectivity index (χ0n) is 16.3. The van der Waals surface area contributed by atoms with Gasteiger partial charge in [-0.2, -0.15) is 0 Å². The summed E-state index contributed by atoms with van der Waals surface area (Å²) in [5, 5.41) is 4.58. The van der Waals surface area contributed by atoms with Crippen LogP contribution in [0.3, 0.4) is 0 Å². The van der Waals surface area contributed by atoms with Gasteiger partial charge in [0.2, 0.25) is 0 Å². The van der Waals surface area contributed by atoms with Crippen molar-refractivity contribution >= 4 is 23.1 Å². The second kappa shape index (κ2) is 6.83. The zero-order chi connectivity index (χ0) is 18.2. The van der Waals surface area contributed by atoms with Crippen molar-refractivity contribution in [2.45, 2.75) is 84.6 Å². The first-order chi connectivity index (χ1) is 11.6. The van der Waals surface area contributed by atoms with Gasteiger partial charge in [-0.15, -0.1) is 0 Å². The molecule has 0 spiro atoms. The van der Waals surface area contributed by atoms with Gasteiger partial charge in [-0.1, -0.05) is 51.6 Å². The molecule has 138 valence electrons. The third-order valence-corrected chi connectivity index (χ3v) is 5.25. The summed E-state index contributed by atoms with van der Waals surface area (Å²) >= 11 is 6.29. The SMILES string of the molecule is CC(C)(C)CC(C)(C)Nc1c(C2CCCCC2)nc2ccc(Cl)cn12. The number of fused-ring (bicyclic) bond motifs is 1. The molecule has 2 aromatic heterocycles. The van der Waals surface area contributed by atoms with Crippen molar-refractivity contribution in [1.29, 1.82) is 0 Å². The summed E-state index contributed by atoms with van der Waals surface area (Å²) in [6.45, 7) is 11.5. The predicted molar refractivity (Wildman–Crippen MR) is 108 cm³/mol. The van der Waals surface area contributed by atoms with E-state index < -0.39 is 0 Å². The highest BCUT2D eigenvalue weighted by molar-refractivity contribution is 6.30. The molecule has 0 aliphatic heterocycles. The lowest BCUT2D eigenvalue weighted by Gasteiger charge is -2.35. The lowest BCUT2D eigenvalue weighted by molar-refractivity contribution is 0.301. The van der Waals surface area contributed by atoms with Crippen LogP contribution < -0.4 is 5.32 Å². The van der Waals surface area contributed by atoms with Gasteiger partial charge in [0.1, 0.15) is 11.5 Å². The molecule has 1 fully saturated rings. The molecule has 0 unspecified atom stereocenters. The molecule has 25 heavy (non-hydrogen) atoms. The van der Waals surface area contributed by atoms with Gasteiger partial charge >= 0.3 is 0 Å². The Morgan fingerprint density at radius 1 is 1.12 bits per heavy atom. The maximum absolute atomic E-state index is 6.29. The van der Waals surface area contributed by atoms with Gasteiger partial charge in [-0.05, 0) is 50.7 Å². The average Bonchev–Trinajstić information content (AvgIpc) is 2.83. The van der Waals surface area contributed by atoms with E-state index >= 15 is 0 Å². The van der Waals surface area contributed by atoms with Gasteiger partial charge in [-0.3, -0.25) is 4.40 Å². The van der Waals surface area contributed by atoms with Crippen molar-refractivity contribution in [2.75, 3.05) is 5.32 Å². The topological polar surface area (TPSA) is 29.3 Å². The second-order valence-corrected chi connectivity index (χ2v) is 9.94. The fourth-order valence-electron chi connectivity index (χ4n) is 4.51. The summed E-state index contributed by atoms with van der Waals surface area (Å²) in [5.74, 6) is 1.69. The molecule has 0 radical (unpaired) electrons. The van der Waals surface area contributed by atoms with E-state index in [2.05, 4.69) is 44.3 Å². The van der Waals surface area contributed by atoms with Crippen LogP contribution >= 0.6 is 11.6 Å². The summed E-state index contributed by atoms with van der Waals surface area (Å²) < 4.78 is 2.15. The minimum atomic E-state index is -0.0139. The Labute approximate surface area is 157 Å². The van der Waals surface area contributed by atoms with E-state index in [4.69, 9.17) is 16.6 Å². The number of aromatic nitrogens is 2. The van der Waals surface area contributed by atoms with E-state index in [0.29, 0.717) is 5.92 Å². The Morgan fingerprint density at radius 2 is 1.80 bits per heavy atom. The molecule has 1 aliphatic rings. The molecule has 0 atom stereocenters. The Morgan fingerprint density at radius 3 is 2.44 bits per heavy atom. The number of imidazole rings is 1. The Hall–Kier alpha value is -1.22. The Balaban J connectivity index is 2.02. The number of anilines is 1. The Kier molecular flexibility index (Phi) is 5.07. The number of rotatable bonds is 4. The van der Waals surface area contributed by atoms with E-state index in [-0.39, 0.29) is 11.0 Å². The standard InChI is InChI=1S/C21H32ClN3/c1-20(2,3)14-21(4,5)24-19-18(15-9-7-6-8-10-15)23-17-12-11-16(22)13-25(17)19/h11-13,15,24H,6-10,14H2,1-5H3. The van der Waals surface area contributed by atoms with E-state index in [9.17, 15) is 0 Å². The molecule has 3 nitrogen and oxygen atoms in total. The van der Waals surface area contributed by atoms with Crippen LogP contribution in [0.5, 0.6) is 0 Å². The van der Waals surface area contributed by atoms with Crippen LogP contribution in [-0.2, 0) is 0 Å². The first-order valence-corrected chi connectivity index (χ1v) is 9.98. The molecule has 3 rings (SSSR count). The molecule has 0 bridgehead atoms. The molecule has 0 aromatic carbocycles. The van der Waals surface area contributed by atoms with Crippen LogP contribution in [0, 0.1) is 5.41 Å². The molecule has 0 amide bonds. The molecule has 1 N–H and O–H groups in total. The maximum atomic E-state index is 6.29. The number of hydrogen-bond donors (Lipinski definition) is 1. The largest absolute Gasteiger partial charge is 0.365 e. The molecule has 1 saturated carbocycles. The number of halogens is 1. The van der Waals surface area contributed by atoms with Crippen molar-refractivity contribution < 1.29 is 0 Å². The molecule has 2 aromatic rings. The number of hydrogen-bond acceptors (Lipinski definition) is 2. The highest BCUT2D eigenvalue weighted by Crippen LogP contribution is 2.39. The highest BCUT2D eigenvalue weighted by Gasteiger charge is 2.30. The third-order valence-electron chi connectivity index (χ3n) is 5.03. The molecular formula is C21H32ClN3. The van der Waals surface area contributed by atoms with Crippen LogP contribution in [0.2, 0.25) is 5.02 Å². The van der Waals surface area contributed by atoms with Crippen LogP contribution in [0.1, 0.15) is 84.8 Å². The molecule has 0 saturated heterocycles. The summed E-state index contributed by atoms with van der Waals surface area (Å²) in [7, 11) is 0. The van der Waals surface area contributed by atoms with Crippen molar-refractivity contribution in [2.24, 2.45) is 5.41 Å². The minimum Gasteiger partial charge on any atom is -0.365 e. The zero-order valence-corrected chi connectivity index (χ0v) is 17.1. The fourth-order valence-corrected chi connectivity index (χ4v) is 4.67. The number of nitrogens with zero attached hydrogens (tertiary/aromatic N) is 2. The van der Waals surface area contributed by atoms with Gasteiger partial charge in [-0.25, -0.2) is 4.98 Å². The van der Waals surface area contributed by atoms with Crippen molar-refractivity contribution in [3.63, 3.8) is 0 Å². The van der Waals surface area contributed by atoms with Crippen LogP contribution in [0.15, 0.2) is 18.3 Å². The average molecular weight is 362 g/mol. The normalized spacial score (nSPS) is 17.2. The van der Waals surface area contributed by atoms with Gasteiger partial charge in [0.25, 0.3) is 0 Å². The Bertz CT molecular complexity index is 733. The number of pyridine rings is 1. The lowest BCUT2D eigenvalue weighted by Crippen LogP contribution is -2.36. The van der Waals surface area contributed by atoms with E-state index in [0.717, 1.165) is 22.9 Å². The van der Waals surface area contributed by atoms with E-state index in [1.807, 2.05) is 18.3 Å². The lowest BCUT2D eigenvalue weighted by atomic mass is 9.81.